The van der Waals surface area contributed by atoms with E-state index in [0.717, 1.165) is 44.3 Å². The second-order valence-corrected chi connectivity index (χ2v) is 6.28. The highest BCUT2D eigenvalue weighted by Crippen LogP contribution is 2.22. The first-order chi connectivity index (χ1) is 9.70. The lowest BCUT2D eigenvalue weighted by Crippen LogP contribution is -2.41. The summed E-state index contributed by atoms with van der Waals surface area (Å²) in [6.45, 7) is 1.73. The van der Waals surface area contributed by atoms with E-state index in [0.29, 0.717) is 11.7 Å². The Kier molecular flexibility index (Phi) is 5.89. The van der Waals surface area contributed by atoms with Crippen LogP contribution in [0.4, 0.5) is 4.39 Å². The standard InChI is InChI=1S/C16H22FNOS/c1-20-12-16(19)18-10-4-5-13(11-18)8-9-14-6-2-3-7-15(14)17/h2-3,6-7,13H,4-5,8-12H2,1H3/t13-/m0/s1. The van der Waals surface area contributed by atoms with Crippen LogP contribution in [-0.2, 0) is 11.2 Å². The van der Waals surface area contributed by atoms with Gasteiger partial charge in [0.2, 0.25) is 5.91 Å². The van der Waals surface area contributed by atoms with E-state index in [1.54, 1.807) is 17.8 Å². The Hall–Kier alpha value is -1.03. The Labute approximate surface area is 124 Å². The SMILES string of the molecule is CSCC(=O)N1CCC[C@@H](CCc2ccccc2F)C1. The van der Waals surface area contributed by atoms with E-state index >= 15 is 0 Å². The molecule has 1 aliphatic rings. The Balaban J connectivity index is 1.84. The predicted octanol–water partition coefficient (Wildman–Crippen LogP) is 3.36. The minimum atomic E-state index is -0.112. The molecule has 1 aromatic rings. The minimum Gasteiger partial charge on any atom is -0.342 e. The lowest BCUT2D eigenvalue weighted by Gasteiger charge is -2.32. The van der Waals surface area contributed by atoms with Crippen molar-refractivity contribution in [2.75, 3.05) is 25.1 Å². The number of hydrogen-bond acceptors (Lipinski definition) is 2. The van der Waals surface area contributed by atoms with E-state index in [9.17, 15) is 9.18 Å². The lowest BCUT2D eigenvalue weighted by molar-refractivity contribution is -0.130. The van der Waals surface area contributed by atoms with Crippen molar-refractivity contribution in [1.29, 1.82) is 0 Å². The van der Waals surface area contributed by atoms with Gasteiger partial charge in [-0.1, -0.05) is 18.2 Å². The van der Waals surface area contributed by atoms with Crippen molar-refractivity contribution < 1.29 is 9.18 Å². The molecule has 20 heavy (non-hydrogen) atoms. The van der Waals surface area contributed by atoms with Crippen LogP contribution in [0.2, 0.25) is 0 Å². The summed E-state index contributed by atoms with van der Waals surface area (Å²) in [5, 5.41) is 0. The van der Waals surface area contributed by atoms with Gasteiger partial charge in [0.15, 0.2) is 0 Å². The molecule has 1 amide bonds. The highest BCUT2D eigenvalue weighted by molar-refractivity contribution is 7.99. The van der Waals surface area contributed by atoms with Crippen LogP contribution >= 0.6 is 11.8 Å². The van der Waals surface area contributed by atoms with E-state index < -0.39 is 0 Å². The zero-order valence-corrected chi connectivity index (χ0v) is 12.8. The van der Waals surface area contributed by atoms with Crippen molar-refractivity contribution in [2.45, 2.75) is 25.7 Å². The largest absolute Gasteiger partial charge is 0.342 e. The molecule has 0 N–H and O–H groups in total. The molecule has 1 fully saturated rings. The van der Waals surface area contributed by atoms with Gasteiger partial charge in [0.25, 0.3) is 0 Å². The number of aryl methyl sites for hydroxylation is 1. The van der Waals surface area contributed by atoms with Crippen molar-refractivity contribution in [3.63, 3.8) is 0 Å². The molecule has 4 heteroatoms. The maximum atomic E-state index is 13.6. The summed E-state index contributed by atoms with van der Waals surface area (Å²) in [4.78, 5) is 13.9. The van der Waals surface area contributed by atoms with Crippen LogP contribution < -0.4 is 0 Å². The smallest absolute Gasteiger partial charge is 0.232 e. The molecule has 0 bridgehead atoms. The van der Waals surface area contributed by atoms with Gasteiger partial charge in [-0.05, 0) is 49.5 Å². The van der Waals surface area contributed by atoms with Crippen LogP contribution in [0.3, 0.4) is 0 Å². The maximum absolute atomic E-state index is 13.6. The summed E-state index contributed by atoms with van der Waals surface area (Å²) >= 11 is 1.58. The van der Waals surface area contributed by atoms with Crippen LogP contribution in [0.1, 0.15) is 24.8 Å². The van der Waals surface area contributed by atoms with Gasteiger partial charge in [-0.25, -0.2) is 4.39 Å². The maximum Gasteiger partial charge on any atom is 0.232 e. The van der Waals surface area contributed by atoms with E-state index in [2.05, 4.69) is 0 Å². The Morgan fingerprint density at radius 2 is 2.25 bits per heavy atom. The first kappa shape index (κ1) is 15.4. The zero-order chi connectivity index (χ0) is 14.4. The molecule has 1 saturated heterocycles. The van der Waals surface area contributed by atoms with Crippen molar-refractivity contribution in [2.24, 2.45) is 5.92 Å². The Morgan fingerprint density at radius 3 is 3.00 bits per heavy atom. The number of amides is 1. The fourth-order valence-corrected chi connectivity index (χ4v) is 3.23. The molecular formula is C16H22FNOS. The number of halogens is 1. The second-order valence-electron chi connectivity index (χ2n) is 5.41. The molecule has 0 saturated carbocycles. The van der Waals surface area contributed by atoms with Crippen molar-refractivity contribution in [1.82, 2.24) is 4.90 Å². The van der Waals surface area contributed by atoms with E-state index in [-0.39, 0.29) is 11.7 Å². The third-order valence-corrected chi connectivity index (χ3v) is 4.45. The fraction of sp³-hybridized carbons (Fsp3) is 0.562. The van der Waals surface area contributed by atoms with Gasteiger partial charge >= 0.3 is 0 Å². The zero-order valence-electron chi connectivity index (χ0n) is 12.0. The van der Waals surface area contributed by atoms with Crippen LogP contribution in [-0.4, -0.2) is 35.9 Å². The van der Waals surface area contributed by atoms with Crippen LogP contribution in [0, 0.1) is 11.7 Å². The normalized spacial score (nSPS) is 19.1. The van der Waals surface area contributed by atoms with Gasteiger partial charge in [0.1, 0.15) is 5.82 Å². The lowest BCUT2D eigenvalue weighted by atomic mass is 9.91. The number of piperidine rings is 1. The third kappa shape index (κ3) is 4.23. The molecule has 0 aliphatic carbocycles. The Morgan fingerprint density at radius 1 is 1.45 bits per heavy atom. The number of thioether (sulfide) groups is 1. The number of carbonyl (C=O) groups excluding carboxylic acids is 1. The van der Waals surface area contributed by atoms with Gasteiger partial charge in [0, 0.05) is 13.1 Å². The molecule has 1 aliphatic heterocycles. The molecular weight excluding hydrogens is 273 g/mol. The average molecular weight is 295 g/mol. The third-order valence-electron chi connectivity index (χ3n) is 3.92. The molecule has 0 spiro atoms. The molecule has 0 unspecified atom stereocenters. The summed E-state index contributed by atoms with van der Waals surface area (Å²) in [6, 6.07) is 6.98. The summed E-state index contributed by atoms with van der Waals surface area (Å²) in [5.74, 6) is 1.21. The molecule has 110 valence electrons. The van der Waals surface area contributed by atoms with E-state index in [1.807, 2.05) is 23.3 Å². The highest BCUT2D eigenvalue weighted by Gasteiger charge is 2.23. The van der Waals surface area contributed by atoms with Gasteiger partial charge in [-0.3, -0.25) is 4.79 Å². The summed E-state index contributed by atoms with van der Waals surface area (Å²) in [6.07, 6.45) is 5.91. The monoisotopic (exact) mass is 295 g/mol. The van der Waals surface area contributed by atoms with Crippen LogP contribution in [0.15, 0.2) is 24.3 Å². The summed E-state index contributed by atoms with van der Waals surface area (Å²) in [7, 11) is 0. The van der Waals surface area contributed by atoms with E-state index in [1.165, 1.54) is 6.07 Å². The van der Waals surface area contributed by atoms with Crippen LogP contribution in [0.25, 0.3) is 0 Å². The number of benzene rings is 1. The average Bonchev–Trinajstić information content (AvgIpc) is 2.47. The fourth-order valence-electron chi connectivity index (χ4n) is 2.80. The van der Waals surface area contributed by atoms with Crippen molar-refractivity contribution in [3.8, 4) is 0 Å². The molecule has 1 heterocycles. The Bertz CT molecular complexity index is 452. The van der Waals surface area contributed by atoms with Gasteiger partial charge in [0.05, 0.1) is 5.75 Å². The molecule has 2 nitrogen and oxygen atoms in total. The number of nitrogens with zero attached hydrogens (tertiary/aromatic N) is 1. The minimum absolute atomic E-state index is 0.112. The molecule has 2 rings (SSSR count). The quantitative estimate of drug-likeness (QED) is 0.830. The van der Waals surface area contributed by atoms with Crippen molar-refractivity contribution >= 4 is 17.7 Å². The topological polar surface area (TPSA) is 20.3 Å². The van der Waals surface area contributed by atoms with Crippen LogP contribution in [0.5, 0.6) is 0 Å². The molecule has 0 radical (unpaired) electrons. The predicted molar refractivity (Wildman–Crippen MR) is 82.4 cm³/mol. The van der Waals surface area contributed by atoms with E-state index in [4.69, 9.17) is 0 Å². The van der Waals surface area contributed by atoms with Gasteiger partial charge in [-0.15, -0.1) is 0 Å². The highest BCUT2D eigenvalue weighted by atomic mass is 32.2. The number of hydrogen-bond donors (Lipinski definition) is 0. The molecule has 0 aromatic heterocycles. The second kappa shape index (κ2) is 7.67. The first-order valence-corrected chi connectivity index (χ1v) is 8.60. The number of carbonyl (C=O) groups is 1. The molecule has 1 aromatic carbocycles. The molecule has 1 atom stereocenters. The first-order valence-electron chi connectivity index (χ1n) is 7.21. The van der Waals surface area contributed by atoms with Gasteiger partial charge < -0.3 is 4.90 Å². The summed E-state index contributed by atoms with van der Waals surface area (Å²) < 4.78 is 13.6. The van der Waals surface area contributed by atoms with Crippen molar-refractivity contribution in [3.05, 3.63) is 35.6 Å². The number of likely N-dealkylation sites (tertiary alicyclic amines) is 1. The number of rotatable bonds is 5. The van der Waals surface area contributed by atoms with Gasteiger partial charge in [-0.2, -0.15) is 11.8 Å². The summed E-state index contributed by atoms with van der Waals surface area (Å²) in [5.41, 5.74) is 0.792.